The second-order valence-electron chi connectivity index (χ2n) is 3.04. The van der Waals surface area contributed by atoms with Crippen LogP contribution in [0.15, 0.2) is 12.2 Å². The standard InChI is InChI=1S/C10H17/c1-2-3-7-10-8-5-4-6-9-10/h3-4,7,10H,2,5-6,8-9H2,1H3/b7-3+. The quantitative estimate of drug-likeness (QED) is 0.512. The first-order valence-electron chi connectivity index (χ1n) is 4.42. The Morgan fingerprint density at radius 2 is 2.10 bits per heavy atom. The molecule has 1 rings (SSSR count). The molecule has 0 unspecified atom stereocenters. The van der Waals surface area contributed by atoms with Crippen LogP contribution in [0, 0.1) is 12.3 Å². The summed E-state index contributed by atoms with van der Waals surface area (Å²) in [4.78, 5) is 0. The average molecular weight is 137 g/mol. The summed E-state index contributed by atoms with van der Waals surface area (Å²) in [7, 11) is 0. The lowest BCUT2D eigenvalue weighted by atomic mass is 9.89. The Morgan fingerprint density at radius 3 is 2.70 bits per heavy atom. The molecular weight excluding hydrogens is 120 g/mol. The van der Waals surface area contributed by atoms with Gasteiger partial charge in [0.05, 0.1) is 0 Å². The number of hydrogen-bond donors (Lipinski definition) is 0. The van der Waals surface area contributed by atoms with Crippen molar-refractivity contribution >= 4 is 0 Å². The van der Waals surface area contributed by atoms with E-state index in [0.29, 0.717) is 0 Å². The fraction of sp³-hybridized carbons (Fsp3) is 0.700. The first-order chi connectivity index (χ1) is 4.93. The van der Waals surface area contributed by atoms with Crippen molar-refractivity contribution in [3.05, 3.63) is 18.6 Å². The van der Waals surface area contributed by atoms with Crippen molar-refractivity contribution in [2.45, 2.75) is 39.0 Å². The molecule has 0 heterocycles. The smallest absolute Gasteiger partial charge is 0.0233 e. The van der Waals surface area contributed by atoms with Crippen molar-refractivity contribution in [2.24, 2.45) is 5.92 Å². The second-order valence-corrected chi connectivity index (χ2v) is 3.04. The van der Waals surface area contributed by atoms with Crippen LogP contribution in [0.4, 0.5) is 0 Å². The molecule has 57 valence electrons. The van der Waals surface area contributed by atoms with Crippen molar-refractivity contribution in [1.82, 2.24) is 0 Å². The van der Waals surface area contributed by atoms with Crippen molar-refractivity contribution in [3.63, 3.8) is 0 Å². The maximum atomic E-state index is 2.41. The second kappa shape index (κ2) is 4.54. The minimum atomic E-state index is 0.893. The molecule has 1 radical (unpaired) electrons. The predicted octanol–water partition coefficient (Wildman–Crippen LogP) is 3.35. The van der Waals surface area contributed by atoms with E-state index in [9.17, 15) is 0 Å². The topological polar surface area (TPSA) is 0 Å². The van der Waals surface area contributed by atoms with Crippen LogP contribution in [-0.4, -0.2) is 0 Å². The summed E-state index contributed by atoms with van der Waals surface area (Å²) in [5, 5.41) is 0. The minimum Gasteiger partial charge on any atom is -0.0885 e. The lowest BCUT2D eigenvalue weighted by Gasteiger charge is -2.17. The fourth-order valence-corrected chi connectivity index (χ4v) is 1.47. The van der Waals surface area contributed by atoms with Crippen LogP contribution in [0.1, 0.15) is 39.0 Å². The van der Waals surface area contributed by atoms with Gasteiger partial charge in [-0.1, -0.05) is 19.1 Å². The summed E-state index contributed by atoms with van der Waals surface area (Å²) in [6, 6.07) is 0. The SMILES string of the molecule is CC/C=C/C1CC[CH]CC1. The van der Waals surface area contributed by atoms with Crippen LogP contribution in [0.2, 0.25) is 0 Å². The minimum absolute atomic E-state index is 0.893. The molecule has 10 heavy (non-hydrogen) atoms. The highest BCUT2D eigenvalue weighted by Gasteiger charge is 2.08. The molecule has 0 aliphatic heterocycles. The van der Waals surface area contributed by atoms with E-state index in [1.54, 1.807) is 0 Å². The molecule has 0 aromatic rings. The third kappa shape index (κ3) is 2.55. The van der Waals surface area contributed by atoms with E-state index in [0.717, 1.165) is 5.92 Å². The zero-order valence-corrected chi connectivity index (χ0v) is 6.84. The van der Waals surface area contributed by atoms with Crippen molar-refractivity contribution in [3.8, 4) is 0 Å². The van der Waals surface area contributed by atoms with E-state index >= 15 is 0 Å². The maximum absolute atomic E-state index is 2.41. The van der Waals surface area contributed by atoms with Crippen LogP contribution in [0.3, 0.4) is 0 Å². The molecule has 0 aromatic heterocycles. The number of hydrogen-bond acceptors (Lipinski definition) is 0. The van der Waals surface area contributed by atoms with Crippen molar-refractivity contribution in [1.29, 1.82) is 0 Å². The van der Waals surface area contributed by atoms with Gasteiger partial charge in [0.15, 0.2) is 0 Å². The van der Waals surface area contributed by atoms with E-state index in [1.807, 2.05) is 0 Å². The van der Waals surface area contributed by atoms with Crippen LogP contribution in [0.25, 0.3) is 0 Å². The molecule has 1 fully saturated rings. The zero-order chi connectivity index (χ0) is 7.23. The zero-order valence-electron chi connectivity index (χ0n) is 6.84. The van der Waals surface area contributed by atoms with Gasteiger partial charge in [-0.25, -0.2) is 0 Å². The first-order valence-corrected chi connectivity index (χ1v) is 4.42. The van der Waals surface area contributed by atoms with Gasteiger partial charge in [-0.15, -0.1) is 0 Å². The van der Waals surface area contributed by atoms with E-state index in [4.69, 9.17) is 0 Å². The maximum Gasteiger partial charge on any atom is -0.0233 e. The van der Waals surface area contributed by atoms with Crippen LogP contribution in [-0.2, 0) is 0 Å². The van der Waals surface area contributed by atoms with Crippen molar-refractivity contribution in [2.75, 3.05) is 0 Å². The molecule has 1 aliphatic rings. The molecule has 0 N–H and O–H groups in total. The van der Waals surface area contributed by atoms with Gasteiger partial charge in [0.25, 0.3) is 0 Å². The van der Waals surface area contributed by atoms with E-state index < -0.39 is 0 Å². The van der Waals surface area contributed by atoms with Gasteiger partial charge in [-0.2, -0.15) is 0 Å². The van der Waals surface area contributed by atoms with Gasteiger partial charge in [0, 0.05) is 0 Å². The summed E-state index contributed by atoms with van der Waals surface area (Å²) in [5.41, 5.74) is 0. The Labute approximate surface area is 64.3 Å². The summed E-state index contributed by atoms with van der Waals surface area (Å²) in [6.45, 7) is 2.20. The molecule has 0 bridgehead atoms. The Bertz CT molecular complexity index is 96.6. The lowest BCUT2D eigenvalue weighted by molar-refractivity contribution is 0.482. The molecule has 0 nitrogen and oxygen atoms in total. The summed E-state index contributed by atoms with van der Waals surface area (Å²) in [5.74, 6) is 0.893. The molecule has 1 saturated carbocycles. The van der Waals surface area contributed by atoms with Gasteiger partial charge >= 0.3 is 0 Å². The number of allylic oxidation sites excluding steroid dienone is 2. The molecular formula is C10H17. The summed E-state index contributed by atoms with van der Waals surface area (Å²) >= 11 is 0. The van der Waals surface area contributed by atoms with Gasteiger partial charge < -0.3 is 0 Å². The molecule has 0 atom stereocenters. The van der Waals surface area contributed by atoms with Crippen LogP contribution < -0.4 is 0 Å². The van der Waals surface area contributed by atoms with E-state index in [2.05, 4.69) is 25.5 Å². The third-order valence-electron chi connectivity index (χ3n) is 2.13. The van der Waals surface area contributed by atoms with E-state index in [-0.39, 0.29) is 0 Å². The molecule has 0 spiro atoms. The first kappa shape index (κ1) is 7.84. The Balaban J connectivity index is 2.19. The Kier molecular flexibility index (Phi) is 3.56. The van der Waals surface area contributed by atoms with Crippen LogP contribution in [0.5, 0.6) is 0 Å². The third-order valence-corrected chi connectivity index (χ3v) is 2.13. The number of rotatable bonds is 2. The fourth-order valence-electron chi connectivity index (χ4n) is 1.47. The molecule has 0 heteroatoms. The lowest BCUT2D eigenvalue weighted by Crippen LogP contribution is -2.02. The predicted molar refractivity (Wildman–Crippen MR) is 45.7 cm³/mol. The highest BCUT2D eigenvalue weighted by atomic mass is 14.1. The highest BCUT2D eigenvalue weighted by Crippen LogP contribution is 2.23. The molecule has 0 aromatic carbocycles. The molecule has 0 saturated heterocycles. The van der Waals surface area contributed by atoms with Gasteiger partial charge in [0.1, 0.15) is 0 Å². The van der Waals surface area contributed by atoms with Gasteiger partial charge in [-0.05, 0) is 44.4 Å². The van der Waals surface area contributed by atoms with Gasteiger partial charge in [-0.3, -0.25) is 0 Å². The van der Waals surface area contributed by atoms with Crippen molar-refractivity contribution < 1.29 is 0 Å². The molecule has 1 aliphatic carbocycles. The molecule has 0 amide bonds. The average Bonchev–Trinajstić information content (AvgIpc) is 2.03. The Morgan fingerprint density at radius 1 is 1.40 bits per heavy atom. The Hall–Kier alpha value is -0.260. The highest BCUT2D eigenvalue weighted by molar-refractivity contribution is 4.91. The normalized spacial score (nSPS) is 22.1. The summed E-state index contributed by atoms with van der Waals surface area (Å²) < 4.78 is 0. The van der Waals surface area contributed by atoms with Crippen LogP contribution >= 0.6 is 0 Å². The van der Waals surface area contributed by atoms with Gasteiger partial charge in [0.2, 0.25) is 0 Å². The van der Waals surface area contributed by atoms with E-state index in [1.165, 1.54) is 32.1 Å². The monoisotopic (exact) mass is 137 g/mol. The summed E-state index contributed by atoms with van der Waals surface area (Å²) in [6.07, 6.45) is 13.7. The largest absolute Gasteiger partial charge is 0.0885 e.